The summed E-state index contributed by atoms with van der Waals surface area (Å²) in [6.45, 7) is 4.56. The molecule has 3 rings (SSSR count). The minimum Gasteiger partial charge on any atom is -0.390 e. The lowest BCUT2D eigenvalue weighted by Gasteiger charge is -2.37. The van der Waals surface area contributed by atoms with Crippen LogP contribution in [0.4, 0.5) is 5.69 Å². The predicted molar refractivity (Wildman–Crippen MR) is 83.4 cm³/mol. The van der Waals surface area contributed by atoms with Crippen LogP contribution in [-0.2, 0) is 6.54 Å². The minimum atomic E-state index is -0.506. The Morgan fingerprint density at radius 2 is 2.05 bits per heavy atom. The molecule has 1 aliphatic heterocycles. The molecule has 2 fully saturated rings. The van der Waals surface area contributed by atoms with Crippen molar-refractivity contribution >= 4 is 17.3 Å². The maximum Gasteiger partial charge on any atom is 0.0653 e. The van der Waals surface area contributed by atoms with E-state index in [0.717, 1.165) is 37.5 Å². The van der Waals surface area contributed by atoms with Crippen LogP contribution in [0.1, 0.15) is 38.2 Å². The first-order chi connectivity index (χ1) is 9.53. The third-order valence-corrected chi connectivity index (χ3v) is 4.75. The van der Waals surface area contributed by atoms with Crippen LogP contribution in [0.3, 0.4) is 0 Å². The molecule has 0 atom stereocenters. The van der Waals surface area contributed by atoms with Crippen molar-refractivity contribution in [2.45, 2.75) is 50.8 Å². The average Bonchev–Trinajstić information content (AvgIpc) is 3.21. The number of rotatable bonds is 4. The van der Waals surface area contributed by atoms with Crippen LogP contribution >= 0.6 is 11.6 Å². The monoisotopic (exact) mass is 294 g/mol. The van der Waals surface area contributed by atoms with E-state index in [1.165, 1.54) is 24.1 Å². The molecule has 1 aromatic rings. The van der Waals surface area contributed by atoms with Gasteiger partial charge in [-0.25, -0.2) is 0 Å². The third kappa shape index (κ3) is 3.46. The lowest BCUT2D eigenvalue weighted by molar-refractivity contribution is 0.0351. The smallest absolute Gasteiger partial charge is 0.0653 e. The van der Waals surface area contributed by atoms with Gasteiger partial charge in [-0.05, 0) is 50.3 Å². The number of hydrogen-bond donors (Lipinski definition) is 2. The van der Waals surface area contributed by atoms with Gasteiger partial charge in [0.2, 0.25) is 0 Å². The van der Waals surface area contributed by atoms with Crippen LogP contribution in [0.15, 0.2) is 18.2 Å². The van der Waals surface area contributed by atoms with Gasteiger partial charge in [0.15, 0.2) is 0 Å². The predicted octanol–water partition coefficient (Wildman–Crippen LogP) is 2.94. The SMILES string of the molecule is CC1(O)CCN(c2ccc(CNC3CC3)c(Cl)c2)CC1. The number of piperidine rings is 1. The number of benzene rings is 1. The molecule has 20 heavy (non-hydrogen) atoms. The summed E-state index contributed by atoms with van der Waals surface area (Å²) < 4.78 is 0. The van der Waals surface area contributed by atoms with Crippen LogP contribution in [0.2, 0.25) is 5.02 Å². The number of aliphatic hydroxyl groups is 1. The Balaban J connectivity index is 1.63. The van der Waals surface area contributed by atoms with Crippen LogP contribution in [0.5, 0.6) is 0 Å². The lowest BCUT2D eigenvalue weighted by atomic mass is 9.93. The van der Waals surface area contributed by atoms with Gasteiger partial charge in [-0.1, -0.05) is 17.7 Å². The van der Waals surface area contributed by atoms with Gasteiger partial charge in [0.05, 0.1) is 5.60 Å². The summed E-state index contributed by atoms with van der Waals surface area (Å²) in [7, 11) is 0. The zero-order valence-electron chi connectivity index (χ0n) is 12.0. The number of anilines is 1. The second kappa shape index (κ2) is 5.55. The molecule has 1 saturated carbocycles. The Morgan fingerprint density at radius 1 is 1.35 bits per heavy atom. The summed E-state index contributed by atoms with van der Waals surface area (Å²) in [5.74, 6) is 0. The molecule has 3 nitrogen and oxygen atoms in total. The van der Waals surface area contributed by atoms with Crippen LogP contribution < -0.4 is 10.2 Å². The van der Waals surface area contributed by atoms with Gasteiger partial charge in [-0.2, -0.15) is 0 Å². The molecule has 1 heterocycles. The van der Waals surface area contributed by atoms with Gasteiger partial charge < -0.3 is 15.3 Å². The average molecular weight is 295 g/mol. The van der Waals surface area contributed by atoms with Crippen LogP contribution in [0.25, 0.3) is 0 Å². The summed E-state index contributed by atoms with van der Waals surface area (Å²) >= 11 is 6.39. The molecule has 1 aliphatic carbocycles. The highest BCUT2D eigenvalue weighted by Crippen LogP contribution is 2.29. The van der Waals surface area contributed by atoms with Gasteiger partial charge in [-0.15, -0.1) is 0 Å². The fraction of sp³-hybridized carbons (Fsp3) is 0.625. The van der Waals surface area contributed by atoms with Crippen molar-refractivity contribution in [1.29, 1.82) is 0 Å². The molecule has 4 heteroatoms. The van der Waals surface area contributed by atoms with E-state index in [9.17, 15) is 5.11 Å². The molecular weight excluding hydrogens is 272 g/mol. The molecule has 1 aromatic carbocycles. The minimum absolute atomic E-state index is 0.506. The molecule has 0 amide bonds. The highest BCUT2D eigenvalue weighted by Gasteiger charge is 2.27. The van der Waals surface area contributed by atoms with Gasteiger partial charge in [0.1, 0.15) is 0 Å². The van der Waals surface area contributed by atoms with E-state index in [2.05, 4.69) is 28.4 Å². The van der Waals surface area contributed by atoms with E-state index in [4.69, 9.17) is 11.6 Å². The Morgan fingerprint density at radius 3 is 2.65 bits per heavy atom. The van der Waals surface area contributed by atoms with E-state index in [0.29, 0.717) is 6.04 Å². The number of nitrogens with zero attached hydrogens (tertiary/aromatic N) is 1. The number of halogens is 1. The summed E-state index contributed by atoms with van der Waals surface area (Å²) in [5.41, 5.74) is 1.83. The normalized spacial score (nSPS) is 22.1. The molecule has 2 N–H and O–H groups in total. The molecule has 110 valence electrons. The summed E-state index contributed by atoms with van der Waals surface area (Å²) in [6.07, 6.45) is 4.22. The van der Waals surface area contributed by atoms with Gasteiger partial charge in [-0.3, -0.25) is 0 Å². The van der Waals surface area contributed by atoms with E-state index in [1.54, 1.807) is 0 Å². The van der Waals surface area contributed by atoms with Gasteiger partial charge in [0.25, 0.3) is 0 Å². The highest BCUT2D eigenvalue weighted by molar-refractivity contribution is 6.31. The molecular formula is C16H23ClN2O. The largest absolute Gasteiger partial charge is 0.390 e. The van der Waals surface area contributed by atoms with Crippen molar-refractivity contribution in [3.8, 4) is 0 Å². The topological polar surface area (TPSA) is 35.5 Å². The van der Waals surface area contributed by atoms with E-state index >= 15 is 0 Å². The van der Waals surface area contributed by atoms with Crippen molar-refractivity contribution in [2.24, 2.45) is 0 Å². The zero-order valence-corrected chi connectivity index (χ0v) is 12.8. The molecule has 0 bridgehead atoms. The second-order valence-electron chi connectivity index (χ2n) is 6.41. The Hall–Kier alpha value is -0.770. The van der Waals surface area contributed by atoms with Crippen LogP contribution in [0, 0.1) is 0 Å². The summed E-state index contributed by atoms with van der Waals surface area (Å²) in [6, 6.07) is 7.04. The maximum absolute atomic E-state index is 10.0. The molecule has 0 spiro atoms. The first-order valence-corrected chi connectivity index (χ1v) is 7.90. The second-order valence-corrected chi connectivity index (χ2v) is 6.82. The Bertz CT molecular complexity index is 475. The van der Waals surface area contributed by atoms with Gasteiger partial charge >= 0.3 is 0 Å². The fourth-order valence-electron chi connectivity index (χ4n) is 2.66. The fourth-order valence-corrected chi connectivity index (χ4v) is 2.91. The van der Waals surface area contributed by atoms with Gasteiger partial charge in [0, 0.05) is 36.4 Å². The number of hydrogen-bond acceptors (Lipinski definition) is 3. The maximum atomic E-state index is 10.0. The van der Waals surface area contributed by atoms with E-state index in [1.807, 2.05) is 6.92 Å². The third-order valence-electron chi connectivity index (χ3n) is 4.40. The zero-order chi connectivity index (χ0) is 14.2. The molecule has 0 unspecified atom stereocenters. The molecule has 1 saturated heterocycles. The highest BCUT2D eigenvalue weighted by atomic mass is 35.5. The van der Waals surface area contributed by atoms with Crippen molar-refractivity contribution in [3.05, 3.63) is 28.8 Å². The molecule has 0 aromatic heterocycles. The van der Waals surface area contributed by atoms with Crippen molar-refractivity contribution < 1.29 is 5.11 Å². The first-order valence-electron chi connectivity index (χ1n) is 7.53. The first kappa shape index (κ1) is 14.2. The van der Waals surface area contributed by atoms with Crippen molar-refractivity contribution in [2.75, 3.05) is 18.0 Å². The van der Waals surface area contributed by atoms with E-state index < -0.39 is 5.60 Å². The van der Waals surface area contributed by atoms with Crippen molar-refractivity contribution in [1.82, 2.24) is 5.32 Å². The Kier molecular flexibility index (Phi) is 3.93. The summed E-state index contributed by atoms with van der Waals surface area (Å²) in [5, 5.41) is 14.3. The molecule has 0 radical (unpaired) electrons. The summed E-state index contributed by atoms with van der Waals surface area (Å²) in [4.78, 5) is 2.31. The number of nitrogens with one attached hydrogen (secondary N) is 1. The standard InChI is InChI=1S/C16H23ClN2O/c1-16(20)6-8-19(9-7-16)14-5-2-12(15(17)10-14)11-18-13-3-4-13/h2,5,10,13,18,20H,3-4,6-9,11H2,1H3. The van der Waals surface area contributed by atoms with E-state index in [-0.39, 0.29) is 0 Å². The molecule has 2 aliphatic rings. The van der Waals surface area contributed by atoms with Crippen molar-refractivity contribution in [3.63, 3.8) is 0 Å². The Labute approximate surface area is 125 Å². The lowest BCUT2D eigenvalue weighted by Crippen LogP contribution is -2.42. The quantitative estimate of drug-likeness (QED) is 0.896. The van der Waals surface area contributed by atoms with Crippen LogP contribution in [-0.4, -0.2) is 29.8 Å².